The highest BCUT2D eigenvalue weighted by atomic mass is 35.5. The smallest absolute Gasteiger partial charge is 0.319 e. The number of amides is 2. The minimum absolute atomic E-state index is 0.129. The fourth-order valence-corrected chi connectivity index (χ4v) is 1.86. The fourth-order valence-electron chi connectivity index (χ4n) is 1.66. The number of pyridine rings is 1. The first-order valence-corrected chi connectivity index (χ1v) is 6.26. The van der Waals surface area contributed by atoms with E-state index in [4.69, 9.17) is 11.6 Å². The van der Waals surface area contributed by atoms with Gasteiger partial charge >= 0.3 is 6.03 Å². The summed E-state index contributed by atoms with van der Waals surface area (Å²) in [4.78, 5) is 15.7. The van der Waals surface area contributed by atoms with Crippen molar-refractivity contribution in [2.24, 2.45) is 0 Å². The number of hydrogen-bond acceptors (Lipinski definition) is 2. The zero-order valence-corrected chi connectivity index (χ0v) is 11.2. The van der Waals surface area contributed by atoms with E-state index >= 15 is 0 Å². The highest BCUT2D eigenvalue weighted by Gasteiger charge is 2.09. The lowest BCUT2D eigenvalue weighted by atomic mass is 10.1. The maximum absolute atomic E-state index is 11.8. The standard InChI is InChI=1S/C14H14ClN3O/c1-10(11-4-2-5-12(15)8-11)17-14(19)18-13-6-3-7-16-9-13/h2-10H,1H3,(H2,17,18,19). The molecule has 0 radical (unpaired) electrons. The molecule has 4 nitrogen and oxygen atoms in total. The number of carbonyl (C=O) groups excluding carboxylic acids is 1. The van der Waals surface area contributed by atoms with Crippen molar-refractivity contribution in [1.29, 1.82) is 0 Å². The van der Waals surface area contributed by atoms with Crippen LogP contribution in [0.2, 0.25) is 5.02 Å². The van der Waals surface area contributed by atoms with E-state index in [1.54, 1.807) is 30.6 Å². The molecular weight excluding hydrogens is 262 g/mol. The molecule has 5 heteroatoms. The van der Waals surface area contributed by atoms with Crippen LogP contribution in [0.15, 0.2) is 48.8 Å². The summed E-state index contributed by atoms with van der Waals surface area (Å²) in [5, 5.41) is 6.20. The Morgan fingerprint density at radius 3 is 2.84 bits per heavy atom. The number of benzene rings is 1. The van der Waals surface area contributed by atoms with Gasteiger partial charge in [0.25, 0.3) is 0 Å². The zero-order valence-electron chi connectivity index (χ0n) is 10.4. The van der Waals surface area contributed by atoms with E-state index in [2.05, 4.69) is 15.6 Å². The second-order valence-electron chi connectivity index (χ2n) is 4.12. The van der Waals surface area contributed by atoms with Crippen LogP contribution in [0.1, 0.15) is 18.5 Å². The molecule has 1 unspecified atom stereocenters. The molecule has 2 amide bonds. The van der Waals surface area contributed by atoms with Gasteiger partial charge in [-0.15, -0.1) is 0 Å². The Balaban J connectivity index is 1.95. The number of urea groups is 1. The van der Waals surface area contributed by atoms with Crippen molar-refractivity contribution >= 4 is 23.3 Å². The number of anilines is 1. The van der Waals surface area contributed by atoms with Gasteiger partial charge in [-0.1, -0.05) is 23.7 Å². The number of rotatable bonds is 3. The molecule has 2 rings (SSSR count). The van der Waals surface area contributed by atoms with Crippen molar-refractivity contribution in [2.45, 2.75) is 13.0 Å². The normalized spacial score (nSPS) is 11.7. The fraction of sp³-hybridized carbons (Fsp3) is 0.143. The number of carbonyl (C=O) groups is 1. The van der Waals surface area contributed by atoms with E-state index in [1.165, 1.54) is 0 Å². The minimum atomic E-state index is -0.277. The van der Waals surface area contributed by atoms with Crippen LogP contribution >= 0.6 is 11.6 Å². The molecule has 0 aliphatic rings. The Bertz CT molecular complexity index is 560. The Morgan fingerprint density at radius 1 is 1.32 bits per heavy atom. The van der Waals surface area contributed by atoms with Crippen molar-refractivity contribution in [3.8, 4) is 0 Å². The molecule has 1 atom stereocenters. The predicted octanol–water partition coefficient (Wildman–Crippen LogP) is 3.62. The zero-order chi connectivity index (χ0) is 13.7. The molecule has 1 heterocycles. The second kappa shape index (κ2) is 6.20. The molecule has 0 bridgehead atoms. The van der Waals surface area contributed by atoms with Crippen molar-refractivity contribution in [3.05, 3.63) is 59.4 Å². The molecule has 98 valence electrons. The largest absolute Gasteiger partial charge is 0.331 e. The van der Waals surface area contributed by atoms with Gasteiger partial charge in [0, 0.05) is 11.2 Å². The Hall–Kier alpha value is -2.07. The van der Waals surface area contributed by atoms with Crippen LogP contribution in [0.4, 0.5) is 10.5 Å². The average Bonchev–Trinajstić information content (AvgIpc) is 2.39. The third-order valence-corrected chi connectivity index (χ3v) is 2.85. The molecule has 0 aliphatic heterocycles. The number of nitrogens with zero attached hydrogens (tertiary/aromatic N) is 1. The molecular formula is C14H14ClN3O. The van der Waals surface area contributed by atoms with E-state index in [9.17, 15) is 4.79 Å². The Kier molecular flexibility index (Phi) is 4.36. The van der Waals surface area contributed by atoms with E-state index in [-0.39, 0.29) is 12.1 Å². The van der Waals surface area contributed by atoms with Crippen LogP contribution in [-0.4, -0.2) is 11.0 Å². The van der Waals surface area contributed by atoms with Crippen LogP contribution in [0, 0.1) is 0 Å². The number of hydrogen-bond donors (Lipinski definition) is 2. The van der Waals surface area contributed by atoms with Crippen LogP contribution in [-0.2, 0) is 0 Å². The SMILES string of the molecule is CC(NC(=O)Nc1cccnc1)c1cccc(Cl)c1. The first-order valence-electron chi connectivity index (χ1n) is 5.88. The molecule has 0 fully saturated rings. The molecule has 19 heavy (non-hydrogen) atoms. The molecule has 2 aromatic rings. The van der Waals surface area contributed by atoms with E-state index in [0.717, 1.165) is 5.56 Å². The van der Waals surface area contributed by atoms with Crippen molar-refractivity contribution in [3.63, 3.8) is 0 Å². The summed E-state index contributed by atoms with van der Waals surface area (Å²) in [6, 6.07) is 10.5. The number of halogens is 1. The monoisotopic (exact) mass is 275 g/mol. The van der Waals surface area contributed by atoms with Crippen LogP contribution in [0.5, 0.6) is 0 Å². The topological polar surface area (TPSA) is 54.0 Å². The summed E-state index contributed by atoms with van der Waals surface area (Å²) in [6.45, 7) is 1.90. The summed E-state index contributed by atoms with van der Waals surface area (Å²) in [5.74, 6) is 0. The first-order chi connectivity index (χ1) is 9.15. The third kappa shape index (κ3) is 3.96. The van der Waals surface area contributed by atoms with Gasteiger partial charge < -0.3 is 10.6 Å². The summed E-state index contributed by atoms with van der Waals surface area (Å²) in [5.41, 5.74) is 1.60. The maximum atomic E-state index is 11.8. The molecule has 0 aliphatic carbocycles. The average molecular weight is 276 g/mol. The van der Waals surface area contributed by atoms with Gasteiger partial charge in [-0.2, -0.15) is 0 Å². The number of aromatic nitrogens is 1. The van der Waals surface area contributed by atoms with Gasteiger partial charge in [-0.25, -0.2) is 4.79 Å². The van der Waals surface area contributed by atoms with Crippen LogP contribution < -0.4 is 10.6 Å². The first kappa shape index (κ1) is 13.4. The highest BCUT2D eigenvalue weighted by molar-refractivity contribution is 6.30. The van der Waals surface area contributed by atoms with Crippen molar-refractivity contribution < 1.29 is 4.79 Å². The molecule has 0 spiro atoms. The summed E-state index contributed by atoms with van der Waals surface area (Å²) < 4.78 is 0. The van der Waals surface area contributed by atoms with E-state index < -0.39 is 0 Å². The lowest BCUT2D eigenvalue weighted by Gasteiger charge is -2.15. The summed E-state index contributed by atoms with van der Waals surface area (Å²) >= 11 is 5.92. The summed E-state index contributed by atoms with van der Waals surface area (Å²) in [7, 11) is 0. The van der Waals surface area contributed by atoms with Gasteiger partial charge in [0.1, 0.15) is 0 Å². The Morgan fingerprint density at radius 2 is 2.16 bits per heavy atom. The van der Waals surface area contributed by atoms with Gasteiger partial charge in [-0.05, 0) is 36.8 Å². The van der Waals surface area contributed by atoms with Crippen molar-refractivity contribution in [2.75, 3.05) is 5.32 Å². The molecule has 0 saturated heterocycles. The van der Waals surface area contributed by atoms with E-state index in [1.807, 2.05) is 25.1 Å². The Labute approximate surface area is 116 Å². The second-order valence-corrected chi connectivity index (χ2v) is 4.55. The minimum Gasteiger partial charge on any atom is -0.331 e. The van der Waals surface area contributed by atoms with Gasteiger partial charge in [-0.3, -0.25) is 4.98 Å². The maximum Gasteiger partial charge on any atom is 0.319 e. The van der Waals surface area contributed by atoms with E-state index in [0.29, 0.717) is 10.7 Å². The van der Waals surface area contributed by atoms with Crippen LogP contribution in [0.25, 0.3) is 0 Å². The highest BCUT2D eigenvalue weighted by Crippen LogP contribution is 2.17. The van der Waals surface area contributed by atoms with Crippen LogP contribution in [0.3, 0.4) is 0 Å². The summed E-state index contributed by atoms with van der Waals surface area (Å²) in [6.07, 6.45) is 3.24. The lowest BCUT2D eigenvalue weighted by Crippen LogP contribution is -2.31. The quantitative estimate of drug-likeness (QED) is 0.899. The molecule has 2 N–H and O–H groups in total. The number of nitrogens with one attached hydrogen (secondary N) is 2. The molecule has 0 saturated carbocycles. The predicted molar refractivity (Wildman–Crippen MR) is 76.3 cm³/mol. The third-order valence-electron chi connectivity index (χ3n) is 2.62. The van der Waals surface area contributed by atoms with Gasteiger partial charge in [0.15, 0.2) is 0 Å². The lowest BCUT2D eigenvalue weighted by molar-refractivity contribution is 0.249. The van der Waals surface area contributed by atoms with Gasteiger partial charge in [0.2, 0.25) is 0 Å². The molecule has 1 aromatic carbocycles. The van der Waals surface area contributed by atoms with Crippen molar-refractivity contribution in [1.82, 2.24) is 10.3 Å². The van der Waals surface area contributed by atoms with Gasteiger partial charge in [0.05, 0.1) is 17.9 Å². The molecule has 1 aromatic heterocycles.